The zero-order chi connectivity index (χ0) is 11.7. The van der Waals surface area contributed by atoms with E-state index in [1.807, 2.05) is 13.0 Å². The first-order chi connectivity index (χ1) is 7.63. The van der Waals surface area contributed by atoms with Gasteiger partial charge < -0.3 is 14.2 Å². The lowest BCUT2D eigenvalue weighted by molar-refractivity contribution is 0.0692. The van der Waals surface area contributed by atoms with Crippen molar-refractivity contribution >= 4 is 11.5 Å². The zero-order valence-corrected chi connectivity index (χ0v) is 9.10. The highest BCUT2D eigenvalue weighted by atomic mass is 16.5. The summed E-state index contributed by atoms with van der Waals surface area (Å²) in [4.78, 5) is 15.1. The third kappa shape index (κ3) is 1.65. The van der Waals surface area contributed by atoms with Crippen molar-refractivity contribution in [2.45, 2.75) is 13.5 Å². The lowest BCUT2D eigenvalue weighted by Crippen LogP contribution is -1.97. The van der Waals surface area contributed by atoms with Gasteiger partial charge in [-0.1, -0.05) is 0 Å². The molecule has 0 amide bonds. The van der Waals surface area contributed by atoms with Crippen LogP contribution in [0, 0.1) is 6.92 Å². The summed E-state index contributed by atoms with van der Waals surface area (Å²) in [5.74, 6) is -0.430. The largest absolute Gasteiger partial charge is 0.476 e. The number of carboxylic acids is 1. The number of pyridine rings is 1. The predicted molar refractivity (Wildman–Crippen MR) is 57.6 cm³/mol. The van der Waals surface area contributed by atoms with Crippen molar-refractivity contribution in [1.29, 1.82) is 0 Å². The van der Waals surface area contributed by atoms with Crippen LogP contribution >= 0.6 is 0 Å². The van der Waals surface area contributed by atoms with E-state index in [-0.39, 0.29) is 12.3 Å². The number of hydrogen-bond donors (Lipinski definition) is 1. The fourth-order valence-electron chi connectivity index (χ4n) is 1.64. The van der Waals surface area contributed by atoms with Crippen LogP contribution in [0.3, 0.4) is 0 Å². The van der Waals surface area contributed by atoms with Gasteiger partial charge in [0.15, 0.2) is 5.69 Å². The molecular formula is C11H12N2O3. The van der Waals surface area contributed by atoms with E-state index >= 15 is 0 Å². The van der Waals surface area contributed by atoms with Crippen molar-refractivity contribution < 1.29 is 14.6 Å². The van der Waals surface area contributed by atoms with Crippen LogP contribution in [0.5, 0.6) is 0 Å². The van der Waals surface area contributed by atoms with E-state index in [9.17, 15) is 4.79 Å². The third-order valence-electron chi connectivity index (χ3n) is 2.35. The summed E-state index contributed by atoms with van der Waals surface area (Å²) in [7, 11) is 1.55. The summed E-state index contributed by atoms with van der Waals surface area (Å²) in [6.07, 6.45) is 1.80. The monoisotopic (exact) mass is 220 g/mol. The van der Waals surface area contributed by atoms with Crippen LogP contribution in [0.2, 0.25) is 0 Å². The van der Waals surface area contributed by atoms with Gasteiger partial charge in [-0.15, -0.1) is 0 Å². The van der Waals surface area contributed by atoms with Crippen LogP contribution in [-0.2, 0) is 11.3 Å². The molecule has 84 valence electrons. The van der Waals surface area contributed by atoms with Crippen LogP contribution in [-0.4, -0.2) is 27.6 Å². The van der Waals surface area contributed by atoms with Crippen molar-refractivity contribution in [3.63, 3.8) is 0 Å². The molecule has 0 bridgehead atoms. The molecular weight excluding hydrogens is 208 g/mol. The predicted octanol–water partition coefficient (Wildman–Crippen LogP) is 1.49. The summed E-state index contributed by atoms with van der Waals surface area (Å²) in [6, 6.07) is 3.70. The number of fused-ring (bicyclic) bond motifs is 1. The number of imidazole rings is 1. The number of methoxy groups -OCH3 is 1. The Hall–Kier alpha value is -1.88. The lowest BCUT2D eigenvalue weighted by Gasteiger charge is -2.00. The SMILES string of the molecule is COCc1nc(C(=O)O)c2cc(C)ccn12. The van der Waals surface area contributed by atoms with Crippen LogP contribution in [0.1, 0.15) is 21.9 Å². The van der Waals surface area contributed by atoms with Gasteiger partial charge in [0, 0.05) is 13.3 Å². The Kier molecular flexibility index (Phi) is 2.62. The van der Waals surface area contributed by atoms with Crippen LogP contribution in [0.15, 0.2) is 18.3 Å². The molecule has 0 fully saturated rings. The van der Waals surface area contributed by atoms with Crippen LogP contribution in [0.4, 0.5) is 0 Å². The number of ether oxygens (including phenoxy) is 1. The van der Waals surface area contributed by atoms with Gasteiger partial charge in [0.05, 0.1) is 5.52 Å². The van der Waals surface area contributed by atoms with Gasteiger partial charge in [-0.05, 0) is 24.6 Å². The normalized spacial score (nSPS) is 10.9. The van der Waals surface area contributed by atoms with E-state index in [1.165, 1.54) is 0 Å². The fraction of sp³-hybridized carbons (Fsp3) is 0.273. The first kappa shape index (κ1) is 10.6. The summed E-state index contributed by atoms with van der Waals surface area (Å²) >= 11 is 0. The summed E-state index contributed by atoms with van der Waals surface area (Å²) < 4.78 is 6.72. The molecule has 2 aromatic rings. The molecule has 0 saturated heterocycles. The molecule has 0 aliphatic rings. The average molecular weight is 220 g/mol. The van der Waals surface area contributed by atoms with Crippen molar-refractivity contribution in [1.82, 2.24) is 9.38 Å². The van der Waals surface area contributed by atoms with E-state index in [0.29, 0.717) is 11.3 Å². The molecule has 5 nitrogen and oxygen atoms in total. The Morgan fingerprint density at radius 1 is 1.62 bits per heavy atom. The van der Waals surface area contributed by atoms with Gasteiger partial charge in [-0.25, -0.2) is 9.78 Å². The van der Waals surface area contributed by atoms with Crippen LogP contribution < -0.4 is 0 Å². The summed E-state index contributed by atoms with van der Waals surface area (Å²) in [6.45, 7) is 2.20. The Morgan fingerprint density at radius 2 is 2.38 bits per heavy atom. The molecule has 0 aromatic carbocycles. The second kappa shape index (κ2) is 3.94. The quantitative estimate of drug-likeness (QED) is 0.851. The second-order valence-corrected chi connectivity index (χ2v) is 3.57. The van der Waals surface area contributed by atoms with Crippen molar-refractivity contribution in [3.05, 3.63) is 35.4 Å². The van der Waals surface area contributed by atoms with Gasteiger partial charge in [0.2, 0.25) is 0 Å². The minimum absolute atomic E-state index is 0.0655. The molecule has 0 spiro atoms. The maximum absolute atomic E-state index is 11.0. The Morgan fingerprint density at radius 3 is 3.00 bits per heavy atom. The summed E-state index contributed by atoms with van der Waals surface area (Å²) in [5.41, 5.74) is 1.66. The molecule has 2 rings (SSSR count). The molecule has 0 radical (unpaired) electrons. The first-order valence-electron chi connectivity index (χ1n) is 4.83. The minimum Gasteiger partial charge on any atom is -0.476 e. The molecule has 0 aliphatic carbocycles. The number of aryl methyl sites for hydroxylation is 1. The van der Waals surface area contributed by atoms with Gasteiger partial charge in [-0.2, -0.15) is 0 Å². The Labute approximate surface area is 92.3 Å². The van der Waals surface area contributed by atoms with E-state index in [1.54, 1.807) is 23.8 Å². The lowest BCUT2D eigenvalue weighted by atomic mass is 10.2. The van der Waals surface area contributed by atoms with Gasteiger partial charge in [0.1, 0.15) is 12.4 Å². The van der Waals surface area contributed by atoms with E-state index in [4.69, 9.17) is 9.84 Å². The van der Waals surface area contributed by atoms with E-state index < -0.39 is 5.97 Å². The minimum atomic E-state index is -1.02. The van der Waals surface area contributed by atoms with Crippen molar-refractivity contribution in [3.8, 4) is 0 Å². The smallest absolute Gasteiger partial charge is 0.356 e. The Bertz CT molecular complexity index is 545. The highest BCUT2D eigenvalue weighted by Crippen LogP contribution is 2.15. The van der Waals surface area contributed by atoms with Gasteiger partial charge in [-0.3, -0.25) is 0 Å². The van der Waals surface area contributed by atoms with Gasteiger partial charge >= 0.3 is 5.97 Å². The van der Waals surface area contributed by atoms with Crippen molar-refractivity contribution in [2.24, 2.45) is 0 Å². The zero-order valence-electron chi connectivity index (χ0n) is 9.10. The number of aromatic carboxylic acids is 1. The topological polar surface area (TPSA) is 63.8 Å². The molecule has 1 N–H and O–H groups in total. The van der Waals surface area contributed by atoms with Crippen LogP contribution in [0.25, 0.3) is 5.52 Å². The number of hydrogen-bond acceptors (Lipinski definition) is 3. The third-order valence-corrected chi connectivity index (χ3v) is 2.35. The molecule has 0 unspecified atom stereocenters. The molecule has 0 aliphatic heterocycles. The number of aromatic nitrogens is 2. The van der Waals surface area contributed by atoms with E-state index in [0.717, 1.165) is 5.56 Å². The average Bonchev–Trinajstić information content (AvgIpc) is 2.57. The highest BCUT2D eigenvalue weighted by Gasteiger charge is 2.16. The first-order valence-corrected chi connectivity index (χ1v) is 4.83. The van der Waals surface area contributed by atoms with Crippen molar-refractivity contribution in [2.75, 3.05) is 7.11 Å². The number of nitrogens with zero attached hydrogens (tertiary/aromatic N) is 2. The Balaban J connectivity index is 2.71. The fourth-order valence-corrected chi connectivity index (χ4v) is 1.64. The van der Waals surface area contributed by atoms with Gasteiger partial charge in [0.25, 0.3) is 0 Å². The molecule has 2 heterocycles. The number of rotatable bonds is 3. The standard InChI is InChI=1S/C11H12N2O3/c1-7-3-4-13-8(5-7)10(11(14)15)12-9(13)6-16-2/h3-5H,6H2,1-2H3,(H,14,15). The number of carbonyl (C=O) groups is 1. The highest BCUT2D eigenvalue weighted by molar-refractivity contribution is 5.93. The van der Waals surface area contributed by atoms with E-state index in [2.05, 4.69) is 4.98 Å². The molecule has 0 saturated carbocycles. The number of carboxylic acid groups (broad SMARTS) is 1. The maximum Gasteiger partial charge on any atom is 0.356 e. The molecule has 2 aromatic heterocycles. The summed E-state index contributed by atoms with van der Waals surface area (Å²) in [5, 5.41) is 9.04. The molecule has 16 heavy (non-hydrogen) atoms. The molecule has 0 atom stereocenters. The second-order valence-electron chi connectivity index (χ2n) is 3.57. The maximum atomic E-state index is 11.0. The molecule has 5 heteroatoms.